The number of nitrogens with one attached hydrogen (secondary N) is 1. The molecule has 1 N–H and O–H groups in total. The monoisotopic (exact) mass is 226 g/mol. The van der Waals surface area contributed by atoms with E-state index in [4.69, 9.17) is 0 Å². The Morgan fingerprint density at radius 2 is 2.06 bits per heavy atom. The Morgan fingerprint density at radius 1 is 1.44 bits per heavy atom. The highest BCUT2D eigenvalue weighted by atomic mass is 16.2. The van der Waals surface area contributed by atoms with Crippen LogP contribution in [0.3, 0.4) is 0 Å². The Labute approximate surface area is 99.6 Å². The van der Waals surface area contributed by atoms with Crippen LogP contribution in [0.4, 0.5) is 0 Å². The zero-order chi connectivity index (χ0) is 12.1. The normalized spacial score (nSPS) is 25.8. The van der Waals surface area contributed by atoms with Crippen molar-refractivity contribution in [1.82, 2.24) is 10.2 Å². The molecule has 1 aliphatic heterocycles. The van der Waals surface area contributed by atoms with Crippen molar-refractivity contribution in [2.45, 2.75) is 58.5 Å². The number of carbonyl (C=O) groups excluding carboxylic acids is 1. The van der Waals surface area contributed by atoms with Crippen LogP contribution < -0.4 is 5.32 Å². The van der Waals surface area contributed by atoms with E-state index in [-0.39, 0.29) is 11.9 Å². The Morgan fingerprint density at radius 3 is 2.56 bits per heavy atom. The molecule has 0 radical (unpaired) electrons. The van der Waals surface area contributed by atoms with Gasteiger partial charge in [0.05, 0.1) is 6.04 Å². The van der Waals surface area contributed by atoms with E-state index < -0.39 is 0 Å². The molecule has 2 unspecified atom stereocenters. The standard InChI is InChI=1S/C13H26N2O/c1-5-11(6-2)15(4)13(16)12-9-10(3)7-8-14-12/h10-12,14H,5-9H2,1-4H3. The first-order valence-electron chi connectivity index (χ1n) is 6.60. The Balaban J connectivity index is 2.55. The van der Waals surface area contributed by atoms with E-state index in [0.717, 1.165) is 25.8 Å². The van der Waals surface area contributed by atoms with E-state index in [2.05, 4.69) is 26.1 Å². The number of nitrogens with zero attached hydrogens (tertiary/aromatic N) is 1. The molecule has 1 amide bonds. The average molecular weight is 226 g/mol. The van der Waals surface area contributed by atoms with Crippen LogP contribution in [0.2, 0.25) is 0 Å². The zero-order valence-electron chi connectivity index (χ0n) is 11.1. The maximum Gasteiger partial charge on any atom is 0.239 e. The van der Waals surface area contributed by atoms with Crippen LogP contribution in [-0.2, 0) is 4.79 Å². The molecule has 1 heterocycles. The summed E-state index contributed by atoms with van der Waals surface area (Å²) < 4.78 is 0. The Kier molecular flexibility index (Phi) is 5.26. The van der Waals surface area contributed by atoms with E-state index in [9.17, 15) is 4.79 Å². The van der Waals surface area contributed by atoms with Crippen molar-refractivity contribution in [2.75, 3.05) is 13.6 Å². The molecule has 94 valence electrons. The predicted molar refractivity (Wildman–Crippen MR) is 67.3 cm³/mol. The summed E-state index contributed by atoms with van der Waals surface area (Å²) in [5.74, 6) is 0.950. The van der Waals surface area contributed by atoms with E-state index in [1.165, 1.54) is 6.42 Å². The molecular weight excluding hydrogens is 200 g/mol. The van der Waals surface area contributed by atoms with Crippen LogP contribution in [0.15, 0.2) is 0 Å². The number of piperidine rings is 1. The second kappa shape index (κ2) is 6.24. The average Bonchev–Trinajstić information content (AvgIpc) is 2.29. The van der Waals surface area contributed by atoms with Crippen LogP contribution >= 0.6 is 0 Å². The van der Waals surface area contributed by atoms with E-state index >= 15 is 0 Å². The first-order chi connectivity index (χ1) is 7.60. The first kappa shape index (κ1) is 13.5. The lowest BCUT2D eigenvalue weighted by molar-refractivity contribution is -0.135. The molecule has 0 aromatic rings. The lowest BCUT2D eigenvalue weighted by atomic mass is 9.93. The third kappa shape index (κ3) is 3.21. The highest BCUT2D eigenvalue weighted by molar-refractivity contribution is 5.82. The van der Waals surface area contributed by atoms with Gasteiger partial charge in [-0.05, 0) is 38.1 Å². The fraction of sp³-hybridized carbons (Fsp3) is 0.923. The third-order valence-corrected chi connectivity index (χ3v) is 3.80. The van der Waals surface area contributed by atoms with Gasteiger partial charge in [0, 0.05) is 13.1 Å². The largest absolute Gasteiger partial charge is 0.341 e. The maximum absolute atomic E-state index is 12.3. The predicted octanol–water partition coefficient (Wildman–Crippen LogP) is 2.02. The van der Waals surface area contributed by atoms with Crippen molar-refractivity contribution in [3.63, 3.8) is 0 Å². The number of carbonyl (C=O) groups is 1. The molecule has 0 bridgehead atoms. The van der Waals surface area contributed by atoms with Crippen molar-refractivity contribution in [3.05, 3.63) is 0 Å². The molecule has 1 fully saturated rings. The van der Waals surface area contributed by atoms with Crippen molar-refractivity contribution < 1.29 is 4.79 Å². The number of rotatable bonds is 4. The minimum Gasteiger partial charge on any atom is -0.341 e. The van der Waals surface area contributed by atoms with Crippen LogP contribution in [0.25, 0.3) is 0 Å². The van der Waals surface area contributed by atoms with Gasteiger partial charge in [-0.3, -0.25) is 4.79 Å². The summed E-state index contributed by atoms with van der Waals surface area (Å²) in [4.78, 5) is 14.2. The molecule has 1 saturated heterocycles. The maximum atomic E-state index is 12.3. The van der Waals surface area contributed by atoms with Gasteiger partial charge in [-0.25, -0.2) is 0 Å². The number of likely N-dealkylation sites (N-methyl/N-ethyl adjacent to an activating group) is 1. The summed E-state index contributed by atoms with van der Waals surface area (Å²) in [6.45, 7) is 7.51. The molecule has 3 nitrogen and oxygen atoms in total. The summed E-state index contributed by atoms with van der Waals surface area (Å²) in [7, 11) is 1.95. The van der Waals surface area contributed by atoms with E-state index in [1.807, 2.05) is 11.9 Å². The smallest absolute Gasteiger partial charge is 0.239 e. The molecule has 0 spiro atoms. The molecule has 3 heteroatoms. The van der Waals surface area contributed by atoms with Gasteiger partial charge < -0.3 is 10.2 Å². The SMILES string of the molecule is CCC(CC)N(C)C(=O)C1CC(C)CCN1. The lowest BCUT2D eigenvalue weighted by Crippen LogP contribution is -2.51. The number of amides is 1. The Hall–Kier alpha value is -0.570. The van der Waals surface area contributed by atoms with Crippen LogP contribution in [0.5, 0.6) is 0 Å². The Bertz CT molecular complexity index is 222. The van der Waals surface area contributed by atoms with Crippen molar-refractivity contribution >= 4 is 5.91 Å². The van der Waals surface area contributed by atoms with Gasteiger partial charge in [-0.2, -0.15) is 0 Å². The summed E-state index contributed by atoms with van der Waals surface area (Å²) >= 11 is 0. The molecule has 0 aliphatic carbocycles. The molecule has 1 aliphatic rings. The van der Waals surface area contributed by atoms with Gasteiger partial charge in [-0.1, -0.05) is 20.8 Å². The highest BCUT2D eigenvalue weighted by Crippen LogP contribution is 2.18. The number of hydrogen-bond donors (Lipinski definition) is 1. The van der Waals surface area contributed by atoms with Gasteiger partial charge in [0.1, 0.15) is 0 Å². The summed E-state index contributed by atoms with van der Waals surface area (Å²) in [5, 5.41) is 3.34. The van der Waals surface area contributed by atoms with Gasteiger partial charge in [0.25, 0.3) is 0 Å². The van der Waals surface area contributed by atoms with Crippen LogP contribution in [-0.4, -0.2) is 36.5 Å². The fourth-order valence-corrected chi connectivity index (χ4v) is 2.56. The lowest BCUT2D eigenvalue weighted by Gasteiger charge is -2.34. The highest BCUT2D eigenvalue weighted by Gasteiger charge is 2.28. The summed E-state index contributed by atoms with van der Waals surface area (Å²) in [6, 6.07) is 0.445. The molecule has 16 heavy (non-hydrogen) atoms. The van der Waals surface area contributed by atoms with E-state index in [0.29, 0.717) is 12.0 Å². The minimum absolute atomic E-state index is 0.0503. The zero-order valence-corrected chi connectivity index (χ0v) is 11.1. The van der Waals surface area contributed by atoms with E-state index in [1.54, 1.807) is 0 Å². The van der Waals surface area contributed by atoms with Crippen LogP contribution in [0, 0.1) is 5.92 Å². The van der Waals surface area contributed by atoms with Gasteiger partial charge in [0.2, 0.25) is 5.91 Å². The van der Waals surface area contributed by atoms with Crippen molar-refractivity contribution in [2.24, 2.45) is 5.92 Å². The second-order valence-electron chi connectivity index (χ2n) is 5.06. The molecular formula is C13H26N2O. The molecule has 0 aromatic heterocycles. The van der Waals surface area contributed by atoms with Gasteiger partial charge in [-0.15, -0.1) is 0 Å². The van der Waals surface area contributed by atoms with Gasteiger partial charge >= 0.3 is 0 Å². The number of hydrogen-bond acceptors (Lipinski definition) is 2. The molecule has 0 saturated carbocycles. The van der Waals surface area contributed by atoms with Gasteiger partial charge in [0.15, 0.2) is 0 Å². The molecule has 0 aromatic carbocycles. The van der Waals surface area contributed by atoms with Crippen molar-refractivity contribution in [1.29, 1.82) is 0 Å². The molecule has 2 atom stereocenters. The third-order valence-electron chi connectivity index (χ3n) is 3.80. The summed E-state index contributed by atoms with van der Waals surface area (Å²) in [5.41, 5.74) is 0. The second-order valence-corrected chi connectivity index (χ2v) is 5.06. The minimum atomic E-state index is 0.0503. The quantitative estimate of drug-likeness (QED) is 0.795. The summed E-state index contributed by atoms with van der Waals surface area (Å²) in [6.07, 6.45) is 4.27. The first-order valence-corrected chi connectivity index (χ1v) is 6.60. The van der Waals surface area contributed by atoms with Crippen molar-refractivity contribution in [3.8, 4) is 0 Å². The van der Waals surface area contributed by atoms with Crippen LogP contribution in [0.1, 0.15) is 46.5 Å². The fourth-order valence-electron chi connectivity index (χ4n) is 2.56. The topological polar surface area (TPSA) is 32.3 Å². The molecule has 1 rings (SSSR count).